The summed E-state index contributed by atoms with van der Waals surface area (Å²) in [6, 6.07) is 21.0. The lowest BCUT2D eigenvalue weighted by molar-refractivity contribution is 0.640. The Bertz CT molecular complexity index is 1090. The molecule has 3 heterocycles. The van der Waals surface area contributed by atoms with Crippen molar-refractivity contribution in [2.24, 2.45) is 0 Å². The zero-order valence-electron chi connectivity index (χ0n) is 15.6. The zero-order chi connectivity index (χ0) is 18.8. The maximum Gasteiger partial charge on any atom is 0.225 e. The van der Waals surface area contributed by atoms with E-state index in [1.807, 2.05) is 24.7 Å². The second kappa shape index (κ2) is 7.27. The van der Waals surface area contributed by atoms with E-state index in [1.54, 1.807) is 0 Å². The first-order chi connectivity index (χ1) is 13.9. The van der Waals surface area contributed by atoms with Crippen molar-refractivity contribution < 1.29 is 0 Å². The Morgan fingerprint density at radius 2 is 1.43 bits per heavy atom. The molecule has 2 aromatic heterocycles. The summed E-state index contributed by atoms with van der Waals surface area (Å²) in [5.74, 6) is 0.806. The summed E-state index contributed by atoms with van der Waals surface area (Å²) in [5.41, 5.74) is 3.31. The van der Waals surface area contributed by atoms with E-state index in [1.165, 1.54) is 16.5 Å². The van der Waals surface area contributed by atoms with Crippen molar-refractivity contribution >= 4 is 22.4 Å². The number of hydrogen-bond donors (Lipinski definition) is 0. The van der Waals surface area contributed by atoms with Crippen LogP contribution in [0.15, 0.2) is 79.3 Å². The van der Waals surface area contributed by atoms with Crippen molar-refractivity contribution in [1.82, 2.24) is 15.0 Å². The van der Waals surface area contributed by atoms with Crippen molar-refractivity contribution in [2.45, 2.75) is 0 Å². The van der Waals surface area contributed by atoms with Crippen LogP contribution in [0.3, 0.4) is 0 Å². The molecule has 0 bridgehead atoms. The number of fused-ring (bicyclic) bond motifs is 1. The van der Waals surface area contributed by atoms with Gasteiger partial charge < -0.3 is 9.80 Å². The highest BCUT2D eigenvalue weighted by Gasteiger charge is 2.19. The molecule has 28 heavy (non-hydrogen) atoms. The van der Waals surface area contributed by atoms with E-state index >= 15 is 0 Å². The molecular formula is C23H21N5. The lowest BCUT2D eigenvalue weighted by atomic mass is 10.1. The van der Waals surface area contributed by atoms with Crippen molar-refractivity contribution in [2.75, 3.05) is 36.0 Å². The molecule has 5 heteroatoms. The Morgan fingerprint density at radius 3 is 2.25 bits per heavy atom. The van der Waals surface area contributed by atoms with E-state index in [-0.39, 0.29) is 0 Å². The van der Waals surface area contributed by atoms with Crippen LogP contribution in [0, 0.1) is 0 Å². The summed E-state index contributed by atoms with van der Waals surface area (Å²) in [6.07, 6.45) is 5.55. The standard InChI is InChI=1S/C23H21N5/c1-2-4-19-17-20(6-5-18(19)3-1)22-9-12-25-23(26-22)28-15-13-27(14-16-28)21-7-10-24-11-8-21/h1-12,17H,13-16H2. The first-order valence-corrected chi connectivity index (χ1v) is 9.59. The Hall–Kier alpha value is -3.47. The van der Waals surface area contributed by atoms with E-state index in [0.29, 0.717) is 0 Å². The number of hydrogen-bond acceptors (Lipinski definition) is 5. The predicted octanol–water partition coefficient (Wildman–Crippen LogP) is 4.02. The molecule has 2 aromatic carbocycles. The lowest BCUT2D eigenvalue weighted by Gasteiger charge is -2.36. The minimum atomic E-state index is 0.806. The van der Waals surface area contributed by atoms with Crippen LogP contribution in [0.2, 0.25) is 0 Å². The first-order valence-electron chi connectivity index (χ1n) is 9.59. The van der Waals surface area contributed by atoms with Crippen molar-refractivity contribution in [3.05, 3.63) is 79.3 Å². The van der Waals surface area contributed by atoms with Gasteiger partial charge in [0.15, 0.2) is 0 Å². The van der Waals surface area contributed by atoms with Crippen molar-refractivity contribution in [3.8, 4) is 11.3 Å². The van der Waals surface area contributed by atoms with E-state index < -0.39 is 0 Å². The minimum Gasteiger partial charge on any atom is -0.368 e. The predicted molar refractivity (Wildman–Crippen MR) is 114 cm³/mol. The van der Waals surface area contributed by atoms with Gasteiger partial charge in [-0.3, -0.25) is 4.98 Å². The van der Waals surface area contributed by atoms with Crippen LogP contribution in [-0.2, 0) is 0 Å². The molecule has 0 radical (unpaired) electrons. The molecule has 0 spiro atoms. The van der Waals surface area contributed by atoms with Crippen LogP contribution in [0.4, 0.5) is 11.6 Å². The molecule has 0 atom stereocenters. The molecule has 0 aliphatic carbocycles. The van der Waals surface area contributed by atoms with E-state index in [9.17, 15) is 0 Å². The number of aromatic nitrogens is 3. The third kappa shape index (κ3) is 3.27. The summed E-state index contributed by atoms with van der Waals surface area (Å²) in [4.78, 5) is 18.1. The van der Waals surface area contributed by atoms with Gasteiger partial charge >= 0.3 is 0 Å². The minimum absolute atomic E-state index is 0.806. The van der Waals surface area contributed by atoms with Gasteiger partial charge in [0.2, 0.25) is 5.95 Å². The number of benzene rings is 2. The number of rotatable bonds is 3. The monoisotopic (exact) mass is 367 g/mol. The number of pyridine rings is 1. The number of anilines is 2. The Kier molecular flexibility index (Phi) is 4.33. The van der Waals surface area contributed by atoms with Gasteiger partial charge in [-0.2, -0.15) is 0 Å². The Morgan fingerprint density at radius 1 is 0.679 bits per heavy atom. The average molecular weight is 367 g/mol. The molecular weight excluding hydrogens is 346 g/mol. The molecule has 5 rings (SSSR count). The van der Waals surface area contributed by atoms with Crippen LogP contribution in [0.1, 0.15) is 0 Å². The third-order valence-corrected chi connectivity index (χ3v) is 5.28. The van der Waals surface area contributed by atoms with Crippen LogP contribution in [0.25, 0.3) is 22.0 Å². The smallest absolute Gasteiger partial charge is 0.225 e. The largest absolute Gasteiger partial charge is 0.368 e. The fraction of sp³-hybridized carbons (Fsp3) is 0.174. The second-order valence-corrected chi connectivity index (χ2v) is 6.98. The summed E-state index contributed by atoms with van der Waals surface area (Å²) in [5, 5.41) is 2.47. The van der Waals surface area contributed by atoms with Gasteiger partial charge in [0.1, 0.15) is 0 Å². The normalized spacial score (nSPS) is 14.4. The molecule has 0 amide bonds. The Balaban J connectivity index is 1.36. The van der Waals surface area contributed by atoms with E-state index in [2.05, 4.69) is 74.4 Å². The van der Waals surface area contributed by atoms with Crippen LogP contribution in [0.5, 0.6) is 0 Å². The average Bonchev–Trinajstić information content (AvgIpc) is 2.79. The highest BCUT2D eigenvalue weighted by molar-refractivity contribution is 5.86. The quantitative estimate of drug-likeness (QED) is 0.547. The summed E-state index contributed by atoms with van der Waals surface area (Å²) in [6.45, 7) is 3.72. The molecule has 0 unspecified atom stereocenters. The van der Waals surface area contributed by atoms with Crippen LogP contribution < -0.4 is 9.80 Å². The lowest BCUT2D eigenvalue weighted by Crippen LogP contribution is -2.47. The highest BCUT2D eigenvalue weighted by atomic mass is 15.3. The Labute approximate surface area is 164 Å². The zero-order valence-corrected chi connectivity index (χ0v) is 15.6. The van der Waals surface area contributed by atoms with Gasteiger partial charge in [-0.25, -0.2) is 9.97 Å². The van der Waals surface area contributed by atoms with Gasteiger partial charge in [0, 0.05) is 56.0 Å². The fourth-order valence-corrected chi connectivity index (χ4v) is 3.73. The molecule has 1 aliphatic rings. The molecule has 5 nitrogen and oxygen atoms in total. The van der Waals surface area contributed by atoms with Gasteiger partial charge in [-0.05, 0) is 35.0 Å². The van der Waals surface area contributed by atoms with Gasteiger partial charge in [-0.15, -0.1) is 0 Å². The topological polar surface area (TPSA) is 45.2 Å². The molecule has 0 N–H and O–H groups in total. The molecule has 4 aromatic rings. The number of piperazine rings is 1. The van der Waals surface area contributed by atoms with E-state index in [4.69, 9.17) is 4.98 Å². The summed E-state index contributed by atoms with van der Waals surface area (Å²) >= 11 is 0. The maximum absolute atomic E-state index is 4.86. The third-order valence-electron chi connectivity index (χ3n) is 5.28. The van der Waals surface area contributed by atoms with Crippen molar-refractivity contribution in [1.29, 1.82) is 0 Å². The van der Waals surface area contributed by atoms with Crippen LogP contribution in [-0.4, -0.2) is 41.1 Å². The highest BCUT2D eigenvalue weighted by Crippen LogP contribution is 2.25. The molecule has 1 saturated heterocycles. The second-order valence-electron chi connectivity index (χ2n) is 6.98. The number of nitrogens with zero attached hydrogens (tertiary/aromatic N) is 5. The maximum atomic E-state index is 4.86. The van der Waals surface area contributed by atoms with Gasteiger partial charge in [0.25, 0.3) is 0 Å². The SMILES string of the molecule is c1ccc2cc(-c3ccnc(N4CCN(c5ccncc5)CC4)n3)ccc2c1. The molecule has 1 aliphatic heterocycles. The first kappa shape index (κ1) is 16.7. The van der Waals surface area contributed by atoms with Crippen LogP contribution >= 0.6 is 0 Å². The fourth-order valence-electron chi connectivity index (χ4n) is 3.73. The van der Waals surface area contributed by atoms with Crippen molar-refractivity contribution in [3.63, 3.8) is 0 Å². The van der Waals surface area contributed by atoms with Gasteiger partial charge in [-0.1, -0.05) is 36.4 Å². The molecule has 0 saturated carbocycles. The summed E-state index contributed by atoms with van der Waals surface area (Å²) in [7, 11) is 0. The molecule has 138 valence electrons. The van der Waals surface area contributed by atoms with E-state index in [0.717, 1.165) is 43.4 Å². The van der Waals surface area contributed by atoms with Gasteiger partial charge in [0.05, 0.1) is 5.69 Å². The molecule has 1 fully saturated rings. The summed E-state index contributed by atoms with van der Waals surface area (Å²) < 4.78 is 0.